The Morgan fingerprint density at radius 2 is 2.29 bits per heavy atom. The van der Waals surface area contributed by atoms with E-state index in [1.165, 1.54) is 24.8 Å². The number of pyridine rings is 1. The van der Waals surface area contributed by atoms with Crippen LogP contribution < -0.4 is 5.32 Å². The SMILES string of the molecule is CC1(NCc2cncc(Br)c2)CCC1. The third-order valence-electron chi connectivity index (χ3n) is 2.94. The molecule has 0 unspecified atom stereocenters. The van der Waals surface area contributed by atoms with Crippen LogP contribution in [0.25, 0.3) is 0 Å². The maximum atomic E-state index is 4.14. The van der Waals surface area contributed by atoms with Crippen molar-refractivity contribution in [2.24, 2.45) is 0 Å². The van der Waals surface area contributed by atoms with Gasteiger partial charge in [-0.05, 0) is 53.7 Å². The first kappa shape index (κ1) is 10.1. The van der Waals surface area contributed by atoms with Crippen LogP contribution in [0.2, 0.25) is 0 Å². The van der Waals surface area contributed by atoms with Gasteiger partial charge >= 0.3 is 0 Å². The molecule has 3 heteroatoms. The highest BCUT2D eigenvalue weighted by molar-refractivity contribution is 9.10. The zero-order chi connectivity index (χ0) is 10.0. The van der Waals surface area contributed by atoms with Gasteiger partial charge in [-0.25, -0.2) is 0 Å². The van der Waals surface area contributed by atoms with Crippen LogP contribution in [0, 0.1) is 0 Å². The van der Waals surface area contributed by atoms with Crippen molar-refractivity contribution in [3.8, 4) is 0 Å². The number of nitrogens with zero attached hydrogens (tertiary/aromatic N) is 1. The Labute approximate surface area is 93.3 Å². The second-order valence-electron chi connectivity index (χ2n) is 4.28. The van der Waals surface area contributed by atoms with Gasteiger partial charge in [0.05, 0.1) is 0 Å². The Balaban J connectivity index is 1.91. The molecule has 1 heterocycles. The third kappa shape index (κ3) is 2.34. The molecule has 0 bridgehead atoms. The van der Waals surface area contributed by atoms with Gasteiger partial charge in [-0.1, -0.05) is 0 Å². The van der Waals surface area contributed by atoms with E-state index >= 15 is 0 Å². The minimum Gasteiger partial charge on any atom is -0.307 e. The number of rotatable bonds is 3. The minimum atomic E-state index is 0.377. The van der Waals surface area contributed by atoms with E-state index in [9.17, 15) is 0 Å². The molecule has 1 aromatic heterocycles. The van der Waals surface area contributed by atoms with E-state index in [2.05, 4.69) is 39.2 Å². The van der Waals surface area contributed by atoms with Crippen molar-refractivity contribution in [1.29, 1.82) is 0 Å². The summed E-state index contributed by atoms with van der Waals surface area (Å²) in [5.41, 5.74) is 1.62. The van der Waals surface area contributed by atoms with Crippen molar-refractivity contribution < 1.29 is 0 Å². The van der Waals surface area contributed by atoms with Gasteiger partial charge in [-0.2, -0.15) is 0 Å². The molecule has 0 atom stereocenters. The van der Waals surface area contributed by atoms with E-state index in [0.29, 0.717) is 5.54 Å². The zero-order valence-electron chi connectivity index (χ0n) is 8.39. The maximum Gasteiger partial charge on any atom is 0.0410 e. The molecule has 2 nitrogen and oxygen atoms in total. The summed E-state index contributed by atoms with van der Waals surface area (Å²) in [6.07, 6.45) is 7.69. The quantitative estimate of drug-likeness (QED) is 0.898. The number of hydrogen-bond donors (Lipinski definition) is 1. The van der Waals surface area contributed by atoms with Crippen LogP contribution in [-0.4, -0.2) is 10.5 Å². The Morgan fingerprint density at radius 3 is 2.86 bits per heavy atom. The minimum absolute atomic E-state index is 0.377. The largest absolute Gasteiger partial charge is 0.307 e. The monoisotopic (exact) mass is 254 g/mol. The zero-order valence-corrected chi connectivity index (χ0v) is 9.97. The Morgan fingerprint density at radius 1 is 1.50 bits per heavy atom. The smallest absolute Gasteiger partial charge is 0.0410 e. The van der Waals surface area contributed by atoms with Crippen molar-refractivity contribution in [3.05, 3.63) is 28.5 Å². The molecular formula is C11H15BrN2. The van der Waals surface area contributed by atoms with E-state index in [4.69, 9.17) is 0 Å². The van der Waals surface area contributed by atoms with Crippen LogP contribution in [0.4, 0.5) is 0 Å². The van der Waals surface area contributed by atoms with Gasteiger partial charge in [-0.15, -0.1) is 0 Å². The van der Waals surface area contributed by atoms with Crippen LogP contribution in [0.15, 0.2) is 22.9 Å². The molecule has 0 spiro atoms. The van der Waals surface area contributed by atoms with Crippen LogP contribution in [0.3, 0.4) is 0 Å². The Hall–Kier alpha value is -0.410. The lowest BCUT2D eigenvalue weighted by Crippen LogP contribution is -2.47. The number of aromatic nitrogens is 1. The summed E-state index contributed by atoms with van der Waals surface area (Å²) < 4.78 is 1.05. The normalized spacial score (nSPS) is 19.0. The number of hydrogen-bond acceptors (Lipinski definition) is 2. The first-order valence-corrected chi connectivity index (χ1v) is 5.82. The van der Waals surface area contributed by atoms with Gasteiger partial charge in [0.1, 0.15) is 0 Å². The fourth-order valence-electron chi connectivity index (χ4n) is 1.75. The number of nitrogens with one attached hydrogen (secondary N) is 1. The molecule has 0 aromatic carbocycles. The topological polar surface area (TPSA) is 24.9 Å². The maximum absolute atomic E-state index is 4.14. The molecular weight excluding hydrogens is 240 g/mol. The fraction of sp³-hybridized carbons (Fsp3) is 0.545. The molecule has 1 aromatic rings. The lowest BCUT2D eigenvalue weighted by molar-refractivity contribution is 0.207. The first-order valence-electron chi connectivity index (χ1n) is 5.02. The van der Waals surface area contributed by atoms with E-state index in [0.717, 1.165) is 11.0 Å². The molecule has 1 saturated carbocycles. The van der Waals surface area contributed by atoms with Crippen molar-refractivity contribution in [3.63, 3.8) is 0 Å². The molecule has 0 radical (unpaired) electrons. The second kappa shape index (κ2) is 3.99. The van der Waals surface area contributed by atoms with Gasteiger partial charge in [0.25, 0.3) is 0 Å². The van der Waals surface area contributed by atoms with Crippen molar-refractivity contribution in [2.45, 2.75) is 38.3 Å². The molecule has 0 amide bonds. The predicted molar refractivity (Wildman–Crippen MR) is 61.0 cm³/mol. The lowest BCUT2D eigenvalue weighted by atomic mass is 9.78. The van der Waals surface area contributed by atoms with Crippen molar-refractivity contribution in [2.75, 3.05) is 0 Å². The highest BCUT2D eigenvalue weighted by Gasteiger charge is 2.30. The summed E-state index contributed by atoms with van der Waals surface area (Å²) in [6, 6.07) is 2.11. The highest BCUT2D eigenvalue weighted by Crippen LogP contribution is 2.31. The molecule has 1 N–H and O–H groups in total. The van der Waals surface area contributed by atoms with Crippen molar-refractivity contribution >= 4 is 15.9 Å². The van der Waals surface area contributed by atoms with Crippen LogP contribution in [-0.2, 0) is 6.54 Å². The summed E-state index contributed by atoms with van der Waals surface area (Å²) in [5.74, 6) is 0. The average Bonchev–Trinajstić information content (AvgIpc) is 2.12. The van der Waals surface area contributed by atoms with Gasteiger partial charge in [0, 0.05) is 29.0 Å². The molecule has 2 rings (SSSR count). The van der Waals surface area contributed by atoms with E-state index in [1.54, 1.807) is 0 Å². The average molecular weight is 255 g/mol. The molecule has 0 aliphatic heterocycles. The summed E-state index contributed by atoms with van der Waals surface area (Å²) in [4.78, 5) is 4.14. The summed E-state index contributed by atoms with van der Waals surface area (Å²) in [7, 11) is 0. The predicted octanol–water partition coefficient (Wildman–Crippen LogP) is 2.88. The van der Waals surface area contributed by atoms with E-state index < -0.39 is 0 Å². The van der Waals surface area contributed by atoms with E-state index in [-0.39, 0.29) is 0 Å². The van der Waals surface area contributed by atoms with Gasteiger partial charge < -0.3 is 5.32 Å². The van der Waals surface area contributed by atoms with E-state index in [1.807, 2.05) is 12.4 Å². The molecule has 14 heavy (non-hydrogen) atoms. The van der Waals surface area contributed by atoms with Crippen LogP contribution in [0.1, 0.15) is 31.7 Å². The summed E-state index contributed by atoms with van der Waals surface area (Å²) in [5, 5.41) is 3.58. The lowest BCUT2D eigenvalue weighted by Gasteiger charge is -2.39. The second-order valence-corrected chi connectivity index (χ2v) is 5.19. The van der Waals surface area contributed by atoms with Gasteiger partial charge in [0.15, 0.2) is 0 Å². The molecule has 1 aliphatic rings. The standard InChI is InChI=1S/C11H15BrN2/c1-11(3-2-4-11)14-7-9-5-10(12)8-13-6-9/h5-6,8,14H,2-4,7H2,1H3. The molecule has 1 aliphatic carbocycles. The third-order valence-corrected chi connectivity index (χ3v) is 3.37. The molecule has 1 fully saturated rings. The van der Waals surface area contributed by atoms with Gasteiger partial charge in [0.2, 0.25) is 0 Å². The van der Waals surface area contributed by atoms with Gasteiger partial charge in [-0.3, -0.25) is 4.98 Å². The first-order chi connectivity index (χ1) is 6.68. The Kier molecular flexibility index (Phi) is 2.88. The van der Waals surface area contributed by atoms with Crippen LogP contribution in [0.5, 0.6) is 0 Å². The summed E-state index contributed by atoms with van der Waals surface area (Å²) in [6.45, 7) is 3.21. The van der Waals surface area contributed by atoms with Crippen LogP contribution >= 0.6 is 15.9 Å². The molecule has 76 valence electrons. The van der Waals surface area contributed by atoms with Crippen molar-refractivity contribution in [1.82, 2.24) is 10.3 Å². The highest BCUT2D eigenvalue weighted by atomic mass is 79.9. The fourth-order valence-corrected chi connectivity index (χ4v) is 2.16. The summed E-state index contributed by atoms with van der Waals surface area (Å²) >= 11 is 3.42. The molecule has 0 saturated heterocycles. The Bertz CT molecular complexity index is 321. The number of halogens is 1.